The summed E-state index contributed by atoms with van der Waals surface area (Å²) >= 11 is 0. The van der Waals surface area contributed by atoms with Crippen molar-refractivity contribution in [2.45, 2.75) is 25.2 Å². The van der Waals surface area contributed by atoms with Crippen LogP contribution in [0.4, 0.5) is 0 Å². The highest BCUT2D eigenvalue weighted by Crippen LogP contribution is 2.23. The zero-order valence-corrected chi connectivity index (χ0v) is 13.5. The topological polar surface area (TPSA) is 83.9 Å². The number of rotatable bonds is 7. The molecule has 1 aromatic rings. The van der Waals surface area contributed by atoms with Crippen LogP contribution in [0.15, 0.2) is 17.0 Å². The lowest BCUT2D eigenvalue weighted by atomic mass is 10.1. The molecule has 0 heterocycles. The van der Waals surface area contributed by atoms with Crippen molar-refractivity contribution in [1.82, 2.24) is 4.31 Å². The molecule has 118 valence electrons. The predicted octanol–water partition coefficient (Wildman–Crippen LogP) is 1.66. The molecule has 6 nitrogen and oxygen atoms in total. The number of carbonyl (C=O) groups is 1. The van der Waals surface area contributed by atoms with Crippen molar-refractivity contribution in [3.05, 3.63) is 28.8 Å². The minimum atomic E-state index is -3.71. The van der Waals surface area contributed by atoms with Crippen molar-refractivity contribution in [3.63, 3.8) is 0 Å². The van der Waals surface area contributed by atoms with E-state index >= 15 is 0 Å². The highest BCUT2D eigenvalue weighted by Gasteiger charge is 2.24. The average Bonchev–Trinajstić information content (AvgIpc) is 2.37. The molecule has 0 radical (unpaired) electrons. The Kier molecular flexibility index (Phi) is 5.88. The Morgan fingerprint density at radius 2 is 1.90 bits per heavy atom. The van der Waals surface area contributed by atoms with Crippen molar-refractivity contribution < 1.29 is 23.1 Å². The van der Waals surface area contributed by atoms with Gasteiger partial charge in [0.2, 0.25) is 10.0 Å². The molecule has 0 fully saturated rings. The van der Waals surface area contributed by atoms with E-state index in [1.807, 2.05) is 0 Å². The summed E-state index contributed by atoms with van der Waals surface area (Å²) in [4.78, 5) is 11.2. The highest BCUT2D eigenvalue weighted by molar-refractivity contribution is 7.89. The summed E-state index contributed by atoms with van der Waals surface area (Å²) in [6.45, 7) is 4.09. The summed E-state index contributed by atoms with van der Waals surface area (Å²) in [5.74, 6) is -1.13. The molecular weight excluding hydrogens is 294 g/mol. The van der Waals surface area contributed by atoms with Gasteiger partial charge in [0.25, 0.3) is 0 Å². The van der Waals surface area contributed by atoms with Crippen LogP contribution in [-0.2, 0) is 14.8 Å². The summed E-state index contributed by atoms with van der Waals surface area (Å²) in [6, 6.07) is 2.81. The third kappa shape index (κ3) is 4.03. The molecule has 1 N–H and O–H groups in total. The number of ether oxygens (including phenoxy) is 1. The third-order valence-corrected chi connectivity index (χ3v) is 5.26. The van der Waals surface area contributed by atoms with Gasteiger partial charge in [-0.1, -0.05) is 6.07 Å². The molecule has 0 aromatic heterocycles. The Bertz CT molecular complexity index is 624. The van der Waals surface area contributed by atoms with Gasteiger partial charge in [0.1, 0.15) is 0 Å². The number of carboxylic acid groups (broad SMARTS) is 1. The quantitative estimate of drug-likeness (QED) is 0.774. The van der Waals surface area contributed by atoms with Crippen molar-refractivity contribution in [2.24, 2.45) is 0 Å². The first-order chi connectivity index (χ1) is 9.71. The van der Waals surface area contributed by atoms with Crippen LogP contribution in [0.2, 0.25) is 0 Å². The second kappa shape index (κ2) is 7.02. The van der Waals surface area contributed by atoms with Gasteiger partial charge in [0, 0.05) is 27.3 Å². The number of methoxy groups -OCH3 is 1. The number of aryl methyl sites for hydroxylation is 2. The fourth-order valence-electron chi connectivity index (χ4n) is 2.06. The van der Waals surface area contributed by atoms with Gasteiger partial charge >= 0.3 is 5.97 Å². The molecule has 0 saturated heterocycles. The number of sulfonamides is 1. The lowest BCUT2D eigenvalue weighted by molar-refractivity contribution is 0.0696. The molecule has 21 heavy (non-hydrogen) atoms. The van der Waals surface area contributed by atoms with E-state index in [-0.39, 0.29) is 10.5 Å². The molecule has 1 rings (SSSR count). The number of nitrogens with zero attached hydrogens (tertiary/aromatic N) is 1. The fraction of sp³-hybridized carbons (Fsp3) is 0.500. The summed E-state index contributed by atoms with van der Waals surface area (Å²) in [6.07, 6.45) is 0.572. The molecule has 1 aromatic carbocycles. The Balaban J connectivity index is 3.19. The molecule has 0 spiro atoms. The van der Waals surface area contributed by atoms with E-state index in [4.69, 9.17) is 9.84 Å². The van der Waals surface area contributed by atoms with Crippen LogP contribution in [0, 0.1) is 13.8 Å². The van der Waals surface area contributed by atoms with Gasteiger partial charge in [-0.2, -0.15) is 0 Å². The number of aromatic carboxylic acids is 1. The third-order valence-electron chi connectivity index (χ3n) is 3.26. The first-order valence-electron chi connectivity index (χ1n) is 6.51. The Morgan fingerprint density at radius 3 is 2.43 bits per heavy atom. The van der Waals surface area contributed by atoms with E-state index in [1.54, 1.807) is 27.0 Å². The van der Waals surface area contributed by atoms with Crippen LogP contribution < -0.4 is 0 Å². The Morgan fingerprint density at radius 1 is 1.29 bits per heavy atom. The Labute approximate surface area is 125 Å². The lowest BCUT2D eigenvalue weighted by Crippen LogP contribution is -2.29. The summed E-state index contributed by atoms with van der Waals surface area (Å²) in [7, 11) is -0.678. The van der Waals surface area contributed by atoms with E-state index in [0.717, 1.165) is 0 Å². The summed E-state index contributed by atoms with van der Waals surface area (Å²) in [5, 5.41) is 9.13. The number of hydrogen-bond acceptors (Lipinski definition) is 4. The average molecular weight is 315 g/mol. The summed E-state index contributed by atoms with van der Waals surface area (Å²) < 4.78 is 31.2. The van der Waals surface area contributed by atoms with Gasteiger partial charge in [-0.25, -0.2) is 17.5 Å². The minimum absolute atomic E-state index is 0.00414. The predicted molar refractivity (Wildman–Crippen MR) is 79.2 cm³/mol. The number of benzene rings is 1. The molecule has 0 atom stereocenters. The van der Waals surface area contributed by atoms with Crippen molar-refractivity contribution in [2.75, 3.05) is 27.3 Å². The van der Waals surface area contributed by atoms with Crippen LogP contribution >= 0.6 is 0 Å². The van der Waals surface area contributed by atoms with Gasteiger partial charge in [-0.3, -0.25) is 0 Å². The highest BCUT2D eigenvalue weighted by atomic mass is 32.2. The van der Waals surface area contributed by atoms with Gasteiger partial charge in [0.15, 0.2) is 0 Å². The molecule has 0 bridgehead atoms. The van der Waals surface area contributed by atoms with Crippen LogP contribution in [0.1, 0.15) is 27.9 Å². The maximum Gasteiger partial charge on any atom is 0.335 e. The van der Waals surface area contributed by atoms with E-state index in [1.165, 1.54) is 17.4 Å². The molecule has 7 heteroatoms. The maximum absolute atomic E-state index is 12.5. The first kappa shape index (κ1) is 17.6. The fourth-order valence-corrected chi connectivity index (χ4v) is 3.50. The monoisotopic (exact) mass is 315 g/mol. The van der Waals surface area contributed by atoms with E-state index in [0.29, 0.717) is 30.7 Å². The molecule has 0 amide bonds. The van der Waals surface area contributed by atoms with Crippen LogP contribution in [0.25, 0.3) is 0 Å². The largest absolute Gasteiger partial charge is 0.478 e. The van der Waals surface area contributed by atoms with Crippen molar-refractivity contribution in [3.8, 4) is 0 Å². The number of hydrogen-bond donors (Lipinski definition) is 1. The van der Waals surface area contributed by atoms with Gasteiger partial charge in [-0.05, 0) is 37.5 Å². The Hall–Kier alpha value is -1.44. The normalized spacial score (nSPS) is 11.9. The van der Waals surface area contributed by atoms with Crippen molar-refractivity contribution in [1.29, 1.82) is 0 Å². The molecule has 0 unspecified atom stereocenters. The minimum Gasteiger partial charge on any atom is -0.478 e. The molecule has 0 saturated carbocycles. The van der Waals surface area contributed by atoms with E-state index < -0.39 is 16.0 Å². The zero-order chi connectivity index (χ0) is 16.2. The van der Waals surface area contributed by atoms with Crippen LogP contribution in [0.5, 0.6) is 0 Å². The van der Waals surface area contributed by atoms with Crippen LogP contribution in [0.3, 0.4) is 0 Å². The molecular formula is C14H21NO5S. The zero-order valence-electron chi connectivity index (χ0n) is 12.7. The van der Waals surface area contributed by atoms with Crippen molar-refractivity contribution >= 4 is 16.0 Å². The molecule has 0 aliphatic carbocycles. The lowest BCUT2D eigenvalue weighted by Gasteiger charge is -2.19. The van der Waals surface area contributed by atoms with Gasteiger partial charge in [-0.15, -0.1) is 0 Å². The number of carboxylic acids is 1. The van der Waals surface area contributed by atoms with E-state index in [9.17, 15) is 13.2 Å². The van der Waals surface area contributed by atoms with Gasteiger partial charge < -0.3 is 9.84 Å². The maximum atomic E-state index is 12.5. The van der Waals surface area contributed by atoms with E-state index in [2.05, 4.69) is 0 Å². The smallest absolute Gasteiger partial charge is 0.335 e. The second-order valence-electron chi connectivity index (χ2n) is 4.91. The van der Waals surface area contributed by atoms with Gasteiger partial charge in [0.05, 0.1) is 10.5 Å². The van der Waals surface area contributed by atoms with Crippen LogP contribution in [-0.4, -0.2) is 51.1 Å². The SMILES string of the molecule is COCCCN(C)S(=O)(=O)c1cc(C(=O)O)c(C)cc1C. The molecule has 0 aliphatic rings. The summed E-state index contributed by atoms with van der Waals surface area (Å²) in [5.41, 5.74) is 1.08. The second-order valence-corrected chi connectivity index (χ2v) is 6.92. The first-order valence-corrected chi connectivity index (χ1v) is 7.95. The molecule has 0 aliphatic heterocycles. The standard InChI is InChI=1S/C14H21NO5S/c1-10-8-11(2)13(9-12(10)14(16)17)21(18,19)15(3)6-5-7-20-4/h8-9H,5-7H2,1-4H3,(H,16,17).